The second kappa shape index (κ2) is 13.4. The van der Waals surface area contributed by atoms with E-state index < -0.39 is 0 Å². The summed E-state index contributed by atoms with van der Waals surface area (Å²) in [7, 11) is 0. The molecular weight excluding hydrogens is 757 g/mol. The van der Waals surface area contributed by atoms with Gasteiger partial charge in [-0.15, -0.1) is 11.3 Å². The molecule has 0 radical (unpaired) electrons. The molecule has 0 N–H and O–H groups in total. The van der Waals surface area contributed by atoms with Crippen LogP contribution in [0.4, 0.5) is 0 Å². The molecule has 61 heavy (non-hydrogen) atoms. The van der Waals surface area contributed by atoms with Crippen LogP contribution >= 0.6 is 11.3 Å². The molecule has 0 spiro atoms. The van der Waals surface area contributed by atoms with E-state index in [0.717, 1.165) is 11.4 Å². The predicted molar refractivity (Wildman–Crippen MR) is 262 cm³/mol. The Morgan fingerprint density at radius 2 is 0.852 bits per heavy atom. The minimum atomic E-state index is 1.14. The second-order valence-corrected chi connectivity index (χ2v) is 17.1. The summed E-state index contributed by atoms with van der Waals surface area (Å²) in [6, 6.07) is 80.4. The third-order valence-corrected chi connectivity index (χ3v) is 13.9. The molecule has 0 aliphatic rings. The molecule has 13 aromatic rings. The molecule has 284 valence electrons. The summed E-state index contributed by atoms with van der Waals surface area (Å²) in [5.41, 5.74) is 14.5. The molecule has 3 heterocycles. The van der Waals surface area contributed by atoms with E-state index in [4.69, 9.17) is 0 Å². The zero-order chi connectivity index (χ0) is 40.0. The Hall–Kier alpha value is -7.72. The summed E-state index contributed by atoms with van der Waals surface area (Å²) in [6.45, 7) is 0. The van der Waals surface area contributed by atoms with Gasteiger partial charge in [0.15, 0.2) is 0 Å². The number of benzene rings is 10. The molecular formula is C58H36N2S. The molecule has 0 aliphatic carbocycles. The van der Waals surface area contributed by atoms with E-state index in [1.807, 2.05) is 11.3 Å². The van der Waals surface area contributed by atoms with Gasteiger partial charge >= 0.3 is 0 Å². The minimum absolute atomic E-state index is 1.14. The molecule has 3 aromatic heterocycles. The van der Waals surface area contributed by atoms with Crippen molar-refractivity contribution in [3.8, 4) is 44.8 Å². The molecule has 13 rings (SSSR count). The van der Waals surface area contributed by atoms with Gasteiger partial charge in [0.25, 0.3) is 0 Å². The first kappa shape index (κ1) is 34.2. The number of hydrogen-bond donors (Lipinski definition) is 0. The number of para-hydroxylation sites is 3. The van der Waals surface area contributed by atoms with Crippen LogP contribution < -0.4 is 0 Å². The largest absolute Gasteiger partial charge is 0.309 e. The van der Waals surface area contributed by atoms with E-state index in [0.29, 0.717) is 0 Å². The van der Waals surface area contributed by atoms with Crippen molar-refractivity contribution >= 4 is 85.9 Å². The van der Waals surface area contributed by atoms with Crippen LogP contribution in [0, 0.1) is 0 Å². The van der Waals surface area contributed by atoms with E-state index in [-0.39, 0.29) is 0 Å². The molecule has 0 bridgehead atoms. The summed E-state index contributed by atoms with van der Waals surface area (Å²) >= 11 is 1.88. The van der Waals surface area contributed by atoms with Crippen LogP contribution in [0.1, 0.15) is 0 Å². The number of thiophene rings is 1. The molecule has 0 aliphatic heterocycles. The summed E-state index contributed by atoms with van der Waals surface area (Å²) < 4.78 is 7.59. The van der Waals surface area contributed by atoms with Crippen molar-refractivity contribution in [2.24, 2.45) is 0 Å². The van der Waals surface area contributed by atoms with Gasteiger partial charge in [-0.2, -0.15) is 0 Å². The Balaban J connectivity index is 0.975. The van der Waals surface area contributed by atoms with Crippen molar-refractivity contribution in [3.05, 3.63) is 218 Å². The van der Waals surface area contributed by atoms with Crippen molar-refractivity contribution in [2.45, 2.75) is 0 Å². The number of rotatable bonds is 5. The lowest BCUT2D eigenvalue weighted by molar-refractivity contribution is 1.17. The Kier molecular flexibility index (Phi) is 7.51. The van der Waals surface area contributed by atoms with Crippen molar-refractivity contribution in [1.82, 2.24) is 9.13 Å². The lowest BCUT2D eigenvalue weighted by Crippen LogP contribution is -1.97. The molecule has 0 saturated carbocycles. The van der Waals surface area contributed by atoms with Gasteiger partial charge in [-0.3, -0.25) is 0 Å². The van der Waals surface area contributed by atoms with Crippen LogP contribution in [0.3, 0.4) is 0 Å². The highest BCUT2D eigenvalue weighted by Crippen LogP contribution is 2.43. The Morgan fingerprint density at radius 3 is 1.72 bits per heavy atom. The van der Waals surface area contributed by atoms with Crippen molar-refractivity contribution in [1.29, 1.82) is 0 Å². The normalized spacial score (nSPS) is 11.9. The van der Waals surface area contributed by atoms with Gasteiger partial charge in [0.05, 0.1) is 22.1 Å². The van der Waals surface area contributed by atoms with Crippen LogP contribution in [0.2, 0.25) is 0 Å². The fourth-order valence-electron chi connectivity index (χ4n) is 10.0. The molecule has 0 atom stereocenters. The number of hydrogen-bond acceptors (Lipinski definition) is 1. The molecule has 0 amide bonds. The number of aromatic nitrogens is 2. The van der Waals surface area contributed by atoms with Gasteiger partial charge in [-0.1, -0.05) is 164 Å². The van der Waals surface area contributed by atoms with Crippen LogP contribution in [0.5, 0.6) is 0 Å². The van der Waals surface area contributed by atoms with E-state index >= 15 is 0 Å². The number of fused-ring (bicyclic) bond motifs is 10. The van der Waals surface area contributed by atoms with Crippen LogP contribution in [-0.4, -0.2) is 9.13 Å². The van der Waals surface area contributed by atoms with Crippen LogP contribution in [-0.2, 0) is 0 Å². The zero-order valence-electron chi connectivity index (χ0n) is 33.1. The fourth-order valence-corrected chi connectivity index (χ4v) is 11.2. The monoisotopic (exact) mass is 792 g/mol. The Bertz CT molecular complexity index is 3890. The first-order valence-corrected chi connectivity index (χ1v) is 21.7. The highest BCUT2D eigenvalue weighted by atomic mass is 32.1. The highest BCUT2D eigenvalue weighted by molar-refractivity contribution is 7.26. The third-order valence-electron chi connectivity index (χ3n) is 12.7. The third kappa shape index (κ3) is 5.21. The van der Waals surface area contributed by atoms with Gasteiger partial charge in [-0.25, -0.2) is 0 Å². The first-order chi connectivity index (χ1) is 30.3. The van der Waals surface area contributed by atoms with E-state index in [1.165, 1.54) is 108 Å². The summed E-state index contributed by atoms with van der Waals surface area (Å²) in [4.78, 5) is 0. The molecule has 0 saturated heterocycles. The lowest BCUT2D eigenvalue weighted by atomic mass is 9.96. The van der Waals surface area contributed by atoms with Crippen molar-refractivity contribution in [2.75, 3.05) is 0 Å². The number of nitrogens with zero attached hydrogens (tertiary/aromatic N) is 2. The van der Waals surface area contributed by atoms with Crippen LogP contribution in [0.15, 0.2) is 218 Å². The topological polar surface area (TPSA) is 9.86 Å². The van der Waals surface area contributed by atoms with Crippen LogP contribution in [0.25, 0.3) is 119 Å². The standard InChI is InChI=1S/C58H36N2S/c1-2-20-43-37(14-1)15-11-25-45(43)49-26-13-27-50-46-21-3-7-30-54(46)60(57(49)50)42-32-33-55-52(36-42)47-22-4-6-29-53(47)59(55)41-19-10-17-39(35-41)38-16-9-18-40(34-38)44-24-12-28-51-48-23-5-8-31-56(48)61-58(44)51/h1-36H. The van der Waals surface area contributed by atoms with Gasteiger partial charge in [0.2, 0.25) is 0 Å². The quantitative estimate of drug-likeness (QED) is 0.164. The van der Waals surface area contributed by atoms with E-state index in [9.17, 15) is 0 Å². The average Bonchev–Trinajstić information content (AvgIpc) is 3.99. The smallest absolute Gasteiger partial charge is 0.0619 e. The average molecular weight is 793 g/mol. The second-order valence-electron chi connectivity index (χ2n) is 16.0. The molecule has 3 heteroatoms. The van der Waals surface area contributed by atoms with Crippen molar-refractivity contribution < 1.29 is 0 Å². The fraction of sp³-hybridized carbons (Fsp3) is 0. The molecule has 10 aromatic carbocycles. The molecule has 0 unspecified atom stereocenters. The maximum absolute atomic E-state index is 2.49. The zero-order valence-corrected chi connectivity index (χ0v) is 33.9. The maximum Gasteiger partial charge on any atom is 0.0619 e. The maximum atomic E-state index is 2.49. The Labute approximate surface area is 356 Å². The summed E-state index contributed by atoms with van der Waals surface area (Å²) in [5, 5.41) is 10.1. The molecule has 0 fully saturated rings. The van der Waals surface area contributed by atoms with Gasteiger partial charge in [-0.05, 0) is 93.2 Å². The van der Waals surface area contributed by atoms with Gasteiger partial charge in [0.1, 0.15) is 0 Å². The van der Waals surface area contributed by atoms with Gasteiger partial charge in [0, 0.05) is 58.7 Å². The molecule has 2 nitrogen and oxygen atoms in total. The SMILES string of the molecule is c1cc(-c2cccc(-n3c4ccccc4c4cc(-n5c6ccccc6c6cccc(-c7cccc8ccccc78)c65)ccc43)c2)cc(-c2cccc3c2sc2ccccc23)c1. The summed E-state index contributed by atoms with van der Waals surface area (Å²) in [5.74, 6) is 0. The van der Waals surface area contributed by atoms with Gasteiger partial charge < -0.3 is 9.13 Å². The minimum Gasteiger partial charge on any atom is -0.309 e. The first-order valence-electron chi connectivity index (χ1n) is 20.9. The van der Waals surface area contributed by atoms with Crippen molar-refractivity contribution in [3.63, 3.8) is 0 Å². The lowest BCUT2D eigenvalue weighted by Gasteiger charge is -2.14. The van der Waals surface area contributed by atoms with E-state index in [1.54, 1.807) is 0 Å². The Morgan fingerprint density at radius 1 is 0.295 bits per heavy atom. The predicted octanol–water partition coefficient (Wildman–Crippen LogP) is 16.4. The van der Waals surface area contributed by atoms with E-state index in [2.05, 4.69) is 228 Å². The highest BCUT2D eigenvalue weighted by Gasteiger charge is 2.20. The summed E-state index contributed by atoms with van der Waals surface area (Å²) in [6.07, 6.45) is 0.